The maximum Gasteiger partial charge on any atom is 0.416 e. The summed E-state index contributed by atoms with van der Waals surface area (Å²) >= 11 is 0. The van der Waals surface area contributed by atoms with E-state index in [4.69, 9.17) is 0 Å². The molecule has 24 heavy (non-hydrogen) atoms. The van der Waals surface area contributed by atoms with Gasteiger partial charge in [0.2, 0.25) is 0 Å². The van der Waals surface area contributed by atoms with Crippen LogP contribution in [0.2, 0.25) is 0 Å². The zero-order valence-corrected chi connectivity index (χ0v) is 13.1. The van der Waals surface area contributed by atoms with Gasteiger partial charge in [-0.2, -0.15) is 13.2 Å². The van der Waals surface area contributed by atoms with E-state index in [0.29, 0.717) is 23.7 Å². The molecule has 1 saturated heterocycles. The number of alkyl halides is 3. The Bertz CT molecular complexity index is 772. The highest BCUT2D eigenvalue weighted by molar-refractivity contribution is 5.92. The number of benzene rings is 1. The van der Waals surface area contributed by atoms with Crippen molar-refractivity contribution in [3.8, 4) is 0 Å². The van der Waals surface area contributed by atoms with Crippen LogP contribution in [0.15, 0.2) is 18.2 Å². The van der Waals surface area contributed by atoms with Crippen molar-refractivity contribution in [2.24, 2.45) is 5.92 Å². The summed E-state index contributed by atoms with van der Waals surface area (Å²) in [7, 11) is 0. The predicted molar refractivity (Wildman–Crippen MR) is 83.8 cm³/mol. The molecule has 0 atom stereocenters. The van der Waals surface area contributed by atoms with E-state index >= 15 is 0 Å². The summed E-state index contributed by atoms with van der Waals surface area (Å²) in [5, 5.41) is 6.22. The fraction of sp³-hybridized carbons (Fsp3) is 0.438. The number of aryl methyl sites for hydroxylation is 1. The largest absolute Gasteiger partial charge is 0.416 e. The standard InChI is InChI=1S/C16H17F3N4O/c1-9-22-14-3-2-11(16(17,18)19)5-13(14)15(23-9)21-8-12(24)4-10-6-20-7-10/h2-3,5,10,20H,4,6-8H2,1H3,(H,21,22,23). The lowest BCUT2D eigenvalue weighted by Gasteiger charge is -2.26. The number of Topliss-reactive ketones (excluding diaryl/α,β-unsaturated/α-hetero) is 1. The van der Waals surface area contributed by atoms with Crippen LogP contribution in [0.3, 0.4) is 0 Å². The molecule has 128 valence electrons. The Labute approximate surface area is 136 Å². The first kappa shape index (κ1) is 16.6. The maximum absolute atomic E-state index is 12.9. The van der Waals surface area contributed by atoms with E-state index in [1.54, 1.807) is 6.92 Å². The minimum Gasteiger partial charge on any atom is -0.362 e. The maximum atomic E-state index is 12.9. The number of carbonyl (C=O) groups is 1. The fourth-order valence-electron chi connectivity index (χ4n) is 2.62. The molecule has 0 bridgehead atoms. The second-order valence-corrected chi connectivity index (χ2v) is 5.97. The van der Waals surface area contributed by atoms with Crippen molar-refractivity contribution >= 4 is 22.5 Å². The Morgan fingerprint density at radius 1 is 1.33 bits per heavy atom. The van der Waals surface area contributed by atoms with E-state index in [1.807, 2.05) is 0 Å². The normalized spacial score (nSPS) is 15.3. The zero-order chi connectivity index (χ0) is 17.3. The van der Waals surface area contributed by atoms with E-state index < -0.39 is 11.7 Å². The summed E-state index contributed by atoms with van der Waals surface area (Å²) in [5.74, 6) is 1.04. The molecule has 1 aromatic heterocycles. The molecule has 0 radical (unpaired) electrons. The van der Waals surface area contributed by atoms with Crippen LogP contribution < -0.4 is 10.6 Å². The van der Waals surface area contributed by atoms with Crippen LogP contribution in [0.1, 0.15) is 17.8 Å². The van der Waals surface area contributed by atoms with Crippen LogP contribution in [0.5, 0.6) is 0 Å². The molecule has 1 aliphatic heterocycles. The number of nitrogens with one attached hydrogen (secondary N) is 2. The molecule has 0 saturated carbocycles. The van der Waals surface area contributed by atoms with E-state index in [-0.39, 0.29) is 23.5 Å². The van der Waals surface area contributed by atoms with Gasteiger partial charge < -0.3 is 10.6 Å². The molecule has 8 heteroatoms. The molecule has 2 N–H and O–H groups in total. The molecule has 0 amide bonds. The van der Waals surface area contributed by atoms with Crippen LogP contribution in [-0.4, -0.2) is 35.4 Å². The molecule has 0 aliphatic carbocycles. The average molecular weight is 338 g/mol. The lowest BCUT2D eigenvalue weighted by Crippen LogP contribution is -2.43. The van der Waals surface area contributed by atoms with Crippen molar-refractivity contribution in [1.29, 1.82) is 0 Å². The third-order valence-corrected chi connectivity index (χ3v) is 3.97. The molecular formula is C16H17F3N4O. The Hall–Kier alpha value is -2.22. The number of ketones is 1. The molecule has 1 aliphatic rings. The number of anilines is 1. The van der Waals surface area contributed by atoms with Gasteiger partial charge in [0.05, 0.1) is 17.6 Å². The van der Waals surface area contributed by atoms with Gasteiger partial charge in [-0.3, -0.25) is 4.79 Å². The highest BCUT2D eigenvalue weighted by atomic mass is 19.4. The van der Waals surface area contributed by atoms with Crippen molar-refractivity contribution in [3.63, 3.8) is 0 Å². The number of hydrogen-bond acceptors (Lipinski definition) is 5. The predicted octanol–water partition coefficient (Wildman–Crippen LogP) is 2.55. The van der Waals surface area contributed by atoms with Crippen molar-refractivity contribution in [2.75, 3.05) is 25.0 Å². The Morgan fingerprint density at radius 3 is 2.71 bits per heavy atom. The third kappa shape index (κ3) is 3.64. The first-order valence-corrected chi connectivity index (χ1v) is 7.65. The molecule has 1 fully saturated rings. The zero-order valence-electron chi connectivity index (χ0n) is 13.1. The van der Waals surface area contributed by atoms with Crippen molar-refractivity contribution in [3.05, 3.63) is 29.6 Å². The summed E-state index contributed by atoms with van der Waals surface area (Å²) in [4.78, 5) is 20.3. The minimum atomic E-state index is -4.44. The summed E-state index contributed by atoms with van der Waals surface area (Å²) in [6.07, 6.45) is -3.99. The van der Waals surface area contributed by atoms with E-state index in [2.05, 4.69) is 20.6 Å². The average Bonchev–Trinajstić information content (AvgIpc) is 2.47. The van der Waals surface area contributed by atoms with E-state index in [1.165, 1.54) is 6.07 Å². The Morgan fingerprint density at radius 2 is 2.08 bits per heavy atom. The molecular weight excluding hydrogens is 321 g/mol. The molecule has 1 aromatic carbocycles. The summed E-state index contributed by atoms with van der Waals surface area (Å²) in [6.45, 7) is 3.36. The van der Waals surface area contributed by atoms with Gasteiger partial charge >= 0.3 is 6.18 Å². The number of carbonyl (C=O) groups excluding carboxylic acids is 1. The van der Waals surface area contributed by atoms with E-state index in [9.17, 15) is 18.0 Å². The Balaban J connectivity index is 1.83. The molecule has 2 aromatic rings. The highest BCUT2D eigenvalue weighted by Gasteiger charge is 2.31. The number of nitrogens with zero attached hydrogens (tertiary/aromatic N) is 2. The van der Waals surface area contributed by atoms with Crippen LogP contribution in [-0.2, 0) is 11.0 Å². The quantitative estimate of drug-likeness (QED) is 0.877. The first-order chi connectivity index (χ1) is 11.3. The number of rotatable bonds is 5. The molecule has 0 spiro atoms. The van der Waals surface area contributed by atoms with Crippen molar-refractivity contribution < 1.29 is 18.0 Å². The Kier molecular flexibility index (Phi) is 4.40. The first-order valence-electron chi connectivity index (χ1n) is 7.65. The molecule has 5 nitrogen and oxygen atoms in total. The number of aromatic nitrogens is 2. The van der Waals surface area contributed by atoms with Gasteiger partial charge in [0, 0.05) is 11.8 Å². The smallest absolute Gasteiger partial charge is 0.362 e. The van der Waals surface area contributed by atoms with Gasteiger partial charge in [0.15, 0.2) is 5.78 Å². The van der Waals surface area contributed by atoms with Crippen molar-refractivity contribution in [2.45, 2.75) is 19.5 Å². The highest BCUT2D eigenvalue weighted by Crippen LogP contribution is 2.32. The SMILES string of the molecule is Cc1nc(NCC(=O)CC2CNC2)c2cc(C(F)(F)F)ccc2n1. The fourth-order valence-corrected chi connectivity index (χ4v) is 2.62. The third-order valence-electron chi connectivity index (χ3n) is 3.97. The van der Waals surface area contributed by atoms with E-state index in [0.717, 1.165) is 25.2 Å². The topological polar surface area (TPSA) is 66.9 Å². The van der Waals surface area contributed by atoms with Gasteiger partial charge in [0.25, 0.3) is 0 Å². The van der Waals surface area contributed by atoms with Crippen LogP contribution in [0.25, 0.3) is 10.9 Å². The molecule has 3 rings (SSSR count). The van der Waals surface area contributed by atoms with Gasteiger partial charge in [-0.25, -0.2) is 9.97 Å². The number of halogens is 3. The molecule has 2 heterocycles. The van der Waals surface area contributed by atoms with Gasteiger partial charge in [-0.15, -0.1) is 0 Å². The summed E-state index contributed by atoms with van der Waals surface area (Å²) in [6, 6.07) is 3.32. The van der Waals surface area contributed by atoms with Gasteiger partial charge in [0.1, 0.15) is 11.6 Å². The van der Waals surface area contributed by atoms with Crippen LogP contribution in [0, 0.1) is 12.8 Å². The van der Waals surface area contributed by atoms with Crippen LogP contribution in [0.4, 0.5) is 19.0 Å². The summed E-state index contributed by atoms with van der Waals surface area (Å²) in [5.41, 5.74) is -0.356. The minimum absolute atomic E-state index is 0.0119. The second kappa shape index (κ2) is 6.35. The lowest BCUT2D eigenvalue weighted by molar-refractivity contribution is -0.137. The van der Waals surface area contributed by atoms with Crippen molar-refractivity contribution in [1.82, 2.24) is 15.3 Å². The second-order valence-electron chi connectivity index (χ2n) is 5.97. The number of hydrogen-bond donors (Lipinski definition) is 2. The van der Waals surface area contributed by atoms with Crippen LogP contribution >= 0.6 is 0 Å². The molecule has 0 unspecified atom stereocenters. The van der Waals surface area contributed by atoms with Gasteiger partial charge in [-0.1, -0.05) is 0 Å². The monoisotopic (exact) mass is 338 g/mol. The lowest BCUT2D eigenvalue weighted by atomic mass is 9.97. The number of fused-ring (bicyclic) bond motifs is 1. The summed E-state index contributed by atoms with van der Waals surface area (Å²) < 4.78 is 38.7. The van der Waals surface area contributed by atoms with Gasteiger partial charge in [-0.05, 0) is 44.1 Å².